The molecule has 0 amide bonds. The van der Waals surface area contributed by atoms with Crippen LogP contribution in [-0.2, 0) is 4.79 Å². The molecule has 0 spiro atoms. The van der Waals surface area contributed by atoms with E-state index in [9.17, 15) is 23.1 Å². The molecule has 2 nitrogen and oxygen atoms in total. The number of carboxylic acid groups (broad SMARTS) is 1. The van der Waals surface area contributed by atoms with E-state index in [4.69, 9.17) is 0 Å². The molecular weight excluding hydrogens is 204 g/mol. The molecule has 0 fully saturated rings. The van der Waals surface area contributed by atoms with E-state index in [-0.39, 0.29) is 18.9 Å². The Balaban J connectivity index is 0.00000196. The molecule has 0 N–H and O–H groups in total. The fraction of sp³-hybridized carbons (Fsp3) is 0. The molecule has 0 radical (unpaired) electrons. The third-order valence-electron chi connectivity index (χ3n) is 1.48. The van der Waals surface area contributed by atoms with Crippen LogP contribution in [0.3, 0.4) is 0 Å². The summed E-state index contributed by atoms with van der Waals surface area (Å²) >= 11 is 0. The number of carboxylic acids is 1. The Labute approximate surface area is 95.6 Å². The summed E-state index contributed by atoms with van der Waals surface area (Å²) in [6.45, 7) is 0. The molecule has 15 heavy (non-hydrogen) atoms. The van der Waals surface area contributed by atoms with Crippen LogP contribution in [0, 0.1) is 5.82 Å². The second-order valence-corrected chi connectivity index (χ2v) is 2.40. The molecule has 0 atom stereocenters. The van der Waals surface area contributed by atoms with Crippen molar-refractivity contribution in [3.8, 4) is 0 Å². The number of rotatable bonds is 2. The number of hydrogen-bond acceptors (Lipinski definition) is 2. The van der Waals surface area contributed by atoms with Crippen molar-refractivity contribution in [2.45, 2.75) is 0 Å². The molecule has 6 heteroatoms. The third kappa shape index (κ3) is 3.15. The van der Waals surface area contributed by atoms with E-state index in [2.05, 4.69) is 0 Å². The van der Waals surface area contributed by atoms with E-state index in [0.29, 0.717) is 0 Å². The number of hydrogen-bond donors (Lipinski definition) is 0. The quantitative estimate of drug-likeness (QED) is 0.424. The Bertz CT molecular complexity index is 404. The third-order valence-corrected chi connectivity index (χ3v) is 1.48. The number of aliphatic carboxylic acids is 1. The van der Waals surface area contributed by atoms with Gasteiger partial charge >= 0.3 is 18.9 Å². The predicted molar refractivity (Wildman–Crippen MR) is 40.5 cm³/mol. The predicted octanol–water partition coefficient (Wildman–Crippen LogP) is -1.81. The molecule has 0 saturated carbocycles. The maximum Gasteiger partial charge on any atom is 1.00 e. The molecule has 1 aromatic rings. The molecule has 1 rings (SSSR count). The normalized spacial score (nSPS) is 11.4. The van der Waals surface area contributed by atoms with E-state index in [1.54, 1.807) is 0 Å². The van der Waals surface area contributed by atoms with Crippen molar-refractivity contribution in [2.24, 2.45) is 0 Å². The maximum absolute atomic E-state index is 12.9. The zero-order valence-electron chi connectivity index (χ0n) is 7.76. The van der Waals surface area contributed by atoms with Crippen LogP contribution in [0.25, 0.3) is 5.83 Å². The molecule has 1 aromatic carbocycles. The van der Waals surface area contributed by atoms with E-state index in [0.717, 1.165) is 12.1 Å². The number of halogens is 3. The van der Waals surface area contributed by atoms with Gasteiger partial charge in [-0.25, -0.2) is 13.2 Å². The van der Waals surface area contributed by atoms with Gasteiger partial charge in [0.1, 0.15) is 11.8 Å². The van der Waals surface area contributed by atoms with Gasteiger partial charge in [0.15, 0.2) is 11.7 Å². The Morgan fingerprint density at radius 1 is 1.20 bits per heavy atom. The summed E-state index contributed by atoms with van der Waals surface area (Å²) in [5.41, 5.74) is -0.741. The average Bonchev–Trinajstić information content (AvgIpc) is 2.16. The molecule has 74 valence electrons. The topological polar surface area (TPSA) is 40.1 Å². The summed E-state index contributed by atoms with van der Waals surface area (Å²) in [6, 6.07) is 4.33. The first-order valence-electron chi connectivity index (χ1n) is 3.55. The van der Waals surface area contributed by atoms with Crippen LogP contribution < -0.4 is 24.0 Å². The smallest absolute Gasteiger partial charge is 0.542 e. The van der Waals surface area contributed by atoms with Crippen LogP contribution >= 0.6 is 0 Å². The summed E-state index contributed by atoms with van der Waals surface area (Å²) < 4.78 is 38.2. The average molecular weight is 208 g/mol. The van der Waals surface area contributed by atoms with Gasteiger partial charge in [-0.3, -0.25) is 0 Å². The van der Waals surface area contributed by atoms with Gasteiger partial charge in [0.2, 0.25) is 0 Å². The number of carbonyl (C=O) groups is 1. The van der Waals surface area contributed by atoms with Crippen molar-refractivity contribution >= 4 is 11.8 Å². The molecule has 0 unspecified atom stereocenters. The van der Waals surface area contributed by atoms with Gasteiger partial charge < -0.3 is 9.90 Å². The first kappa shape index (κ1) is 13.8. The zero-order chi connectivity index (χ0) is 10.7. The van der Waals surface area contributed by atoms with Crippen LogP contribution in [0.4, 0.5) is 13.2 Å². The fourth-order valence-corrected chi connectivity index (χ4v) is 0.847. The molecule has 0 saturated heterocycles. The Morgan fingerprint density at radius 3 is 2.20 bits per heavy atom. The van der Waals surface area contributed by atoms with Crippen LogP contribution in [0.1, 0.15) is 5.56 Å². The van der Waals surface area contributed by atoms with E-state index in [1.807, 2.05) is 0 Å². The standard InChI is InChI=1S/C9H5F3O2.Li/c10-6-4-2-1-3-5(6)7(11)8(12)9(13)14;/h1-4H,(H,13,14);/q;+1/p-1. The molecule has 0 aliphatic rings. The van der Waals surface area contributed by atoms with Crippen molar-refractivity contribution in [3.63, 3.8) is 0 Å². The SMILES string of the molecule is O=C([O-])C(F)=C(F)c1ccccc1F.[Li+]. The minimum atomic E-state index is -2.31. The summed E-state index contributed by atoms with van der Waals surface area (Å²) in [7, 11) is 0. The van der Waals surface area contributed by atoms with Crippen LogP contribution in [-0.4, -0.2) is 5.97 Å². The van der Waals surface area contributed by atoms with Gasteiger partial charge in [0.05, 0.1) is 0 Å². The fourth-order valence-electron chi connectivity index (χ4n) is 0.847. The molecule has 0 bridgehead atoms. The van der Waals surface area contributed by atoms with Crippen LogP contribution in [0.5, 0.6) is 0 Å². The molecule has 0 aromatic heterocycles. The molecule has 0 aliphatic carbocycles. The first-order valence-corrected chi connectivity index (χ1v) is 3.55. The maximum atomic E-state index is 12.9. The minimum absolute atomic E-state index is 0. The summed E-state index contributed by atoms with van der Waals surface area (Å²) in [5, 5.41) is 9.92. The van der Waals surface area contributed by atoms with Gasteiger partial charge in [0.25, 0.3) is 0 Å². The number of carbonyl (C=O) groups excluding carboxylic acids is 1. The molecule has 0 heterocycles. The molecule has 0 aliphatic heterocycles. The first-order chi connectivity index (χ1) is 6.54. The van der Waals surface area contributed by atoms with Crippen molar-refractivity contribution in [3.05, 3.63) is 41.5 Å². The van der Waals surface area contributed by atoms with Crippen LogP contribution in [0.2, 0.25) is 0 Å². The Kier molecular flexibility index (Phi) is 5.19. The van der Waals surface area contributed by atoms with Gasteiger partial charge in [0, 0.05) is 5.56 Å². The Hall–Kier alpha value is -1.18. The van der Waals surface area contributed by atoms with Gasteiger partial charge in [-0.15, -0.1) is 0 Å². The van der Waals surface area contributed by atoms with Crippen molar-refractivity contribution in [2.75, 3.05) is 0 Å². The zero-order valence-corrected chi connectivity index (χ0v) is 7.76. The Morgan fingerprint density at radius 2 is 1.73 bits per heavy atom. The summed E-state index contributed by atoms with van der Waals surface area (Å²) in [4.78, 5) is 9.92. The van der Waals surface area contributed by atoms with Gasteiger partial charge in [-0.05, 0) is 12.1 Å². The summed E-state index contributed by atoms with van der Waals surface area (Å²) in [5.74, 6) is -7.25. The van der Waals surface area contributed by atoms with E-state index >= 15 is 0 Å². The van der Waals surface area contributed by atoms with Gasteiger partial charge in [-0.1, -0.05) is 12.1 Å². The minimum Gasteiger partial charge on any atom is -0.542 e. The van der Waals surface area contributed by atoms with Crippen molar-refractivity contribution < 1.29 is 41.9 Å². The molecular formula is C9H4F3LiO2. The van der Waals surface area contributed by atoms with Gasteiger partial charge in [-0.2, -0.15) is 0 Å². The van der Waals surface area contributed by atoms with Crippen LogP contribution in [0.15, 0.2) is 30.1 Å². The second kappa shape index (κ2) is 5.64. The number of benzene rings is 1. The summed E-state index contributed by atoms with van der Waals surface area (Å²) in [6.07, 6.45) is 0. The van der Waals surface area contributed by atoms with Crippen molar-refractivity contribution in [1.82, 2.24) is 0 Å². The van der Waals surface area contributed by atoms with Crippen molar-refractivity contribution in [1.29, 1.82) is 0 Å². The monoisotopic (exact) mass is 208 g/mol. The van der Waals surface area contributed by atoms with E-state index < -0.39 is 29.0 Å². The second-order valence-electron chi connectivity index (χ2n) is 2.40. The largest absolute Gasteiger partial charge is 1.00 e. The van der Waals surface area contributed by atoms with E-state index in [1.165, 1.54) is 12.1 Å².